The lowest BCUT2D eigenvalue weighted by Crippen LogP contribution is -2.61. The second-order valence-corrected chi connectivity index (χ2v) is 12.1. The van der Waals surface area contributed by atoms with Gasteiger partial charge in [0.05, 0.1) is 23.8 Å². The zero-order valence-electron chi connectivity index (χ0n) is 19.8. The minimum Gasteiger partial charge on any atom is -0.365 e. The number of urea groups is 1. The van der Waals surface area contributed by atoms with Gasteiger partial charge >= 0.3 is 6.03 Å². The molecule has 3 atom stereocenters. The Balaban J connectivity index is 1.58. The third-order valence-electron chi connectivity index (χ3n) is 8.99. The highest BCUT2D eigenvalue weighted by atomic mass is 19.1. The molecule has 4 fully saturated rings. The molecular weight excluding hydrogens is 433 g/mol. The summed E-state index contributed by atoms with van der Waals surface area (Å²) < 4.78 is 15.9. The summed E-state index contributed by atoms with van der Waals surface area (Å²) >= 11 is 0. The Morgan fingerprint density at radius 1 is 1.06 bits per heavy atom. The number of primary amides is 2. The van der Waals surface area contributed by atoms with Gasteiger partial charge in [-0.2, -0.15) is 5.10 Å². The van der Waals surface area contributed by atoms with Crippen molar-refractivity contribution in [2.45, 2.75) is 65.0 Å². The van der Waals surface area contributed by atoms with Crippen LogP contribution in [0.15, 0.2) is 24.3 Å². The van der Waals surface area contributed by atoms with E-state index in [-0.39, 0.29) is 27.9 Å². The summed E-state index contributed by atoms with van der Waals surface area (Å²) in [6.45, 7) is 5.60. The first-order chi connectivity index (χ1) is 16.0. The summed E-state index contributed by atoms with van der Waals surface area (Å²) in [6, 6.07) is 5.20. The highest BCUT2D eigenvalue weighted by Crippen LogP contribution is 2.73. The number of fused-ring (bicyclic) bond motifs is 1. The van der Waals surface area contributed by atoms with E-state index in [4.69, 9.17) is 16.6 Å². The van der Waals surface area contributed by atoms with Crippen LogP contribution in [0.2, 0.25) is 0 Å². The summed E-state index contributed by atoms with van der Waals surface area (Å²) in [6.07, 6.45) is 6.59. The summed E-state index contributed by atoms with van der Waals surface area (Å²) in [7, 11) is 0. The van der Waals surface area contributed by atoms with Crippen LogP contribution < -0.4 is 11.5 Å². The van der Waals surface area contributed by atoms with Crippen LogP contribution in [0.25, 0.3) is 11.3 Å². The van der Waals surface area contributed by atoms with Gasteiger partial charge in [0.1, 0.15) is 11.5 Å². The molecule has 3 unspecified atom stereocenters. The van der Waals surface area contributed by atoms with E-state index in [9.17, 15) is 14.0 Å². The van der Waals surface area contributed by atoms with Crippen molar-refractivity contribution in [1.82, 2.24) is 14.7 Å². The molecule has 1 aromatic heterocycles. The van der Waals surface area contributed by atoms with Crippen molar-refractivity contribution in [2.24, 2.45) is 33.6 Å². The summed E-state index contributed by atoms with van der Waals surface area (Å²) in [5.74, 6) is -0.422. The van der Waals surface area contributed by atoms with E-state index in [0.717, 1.165) is 19.3 Å². The van der Waals surface area contributed by atoms with Crippen molar-refractivity contribution in [3.63, 3.8) is 0 Å². The van der Waals surface area contributed by atoms with Crippen molar-refractivity contribution in [3.05, 3.63) is 41.3 Å². The van der Waals surface area contributed by atoms with E-state index in [1.807, 2.05) is 4.68 Å². The Kier molecular flexibility index (Phi) is 4.34. The number of nitrogens with two attached hydrogens (primary N) is 2. The van der Waals surface area contributed by atoms with E-state index in [2.05, 4.69) is 13.8 Å². The van der Waals surface area contributed by atoms with Crippen LogP contribution in [0.5, 0.6) is 0 Å². The number of benzene rings is 1. The van der Waals surface area contributed by atoms with Crippen LogP contribution in [0, 0.1) is 28.0 Å². The van der Waals surface area contributed by atoms with Gasteiger partial charge in [-0.25, -0.2) is 9.18 Å². The van der Waals surface area contributed by atoms with Crippen LogP contribution in [0.3, 0.4) is 0 Å². The maximum absolute atomic E-state index is 14.1. The molecule has 7 nitrogen and oxygen atoms in total. The molecule has 4 saturated carbocycles. The number of rotatable bonds is 3. The van der Waals surface area contributed by atoms with E-state index >= 15 is 0 Å². The normalized spacial score (nSPS) is 35.9. The monoisotopic (exact) mass is 465 g/mol. The van der Waals surface area contributed by atoms with Crippen molar-refractivity contribution in [2.75, 3.05) is 6.54 Å². The summed E-state index contributed by atoms with van der Waals surface area (Å²) in [5, 5.41) is 4.76. The Hall–Kier alpha value is -2.90. The van der Waals surface area contributed by atoms with Crippen molar-refractivity contribution in [3.8, 4) is 11.3 Å². The number of aromatic nitrogens is 2. The standard InChI is InChI=1S/C26H32FN5O2/c1-24-9-15-10-25(2,12-24)14-26(11-15,13-24)21-20-18(22(28)33)19(16-4-3-5-17(27)8-16)30-32(20)7-6-31(21)23(29)34/h3-5,8,15,21H,6-7,9-14H2,1-2H3,(H2,28,33)(H2,29,34). The van der Waals surface area contributed by atoms with Gasteiger partial charge in [0.15, 0.2) is 0 Å². The fraction of sp³-hybridized carbons (Fsp3) is 0.577. The number of amides is 3. The molecule has 4 bridgehead atoms. The molecular formula is C26H32FN5O2. The lowest BCUT2D eigenvalue weighted by molar-refractivity contribution is -0.173. The topological polar surface area (TPSA) is 107 Å². The minimum atomic E-state index is -0.612. The predicted molar refractivity (Wildman–Crippen MR) is 125 cm³/mol. The average molecular weight is 466 g/mol. The highest BCUT2D eigenvalue weighted by molar-refractivity contribution is 6.00. The Bertz CT molecular complexity index is 1200. The first-order valence-corrected chi connectivity index (χ1v) is 12.2. The van der Waals surface area contributed by atoms with Gasteiger partial charge < -0.3 is 16.4 Å². The Morgan fingerprint density at radius 3 is 2.35 bits per heavy atom. The largest absolute Gasteiger partial charge is 0.365 e. The third kappa shape index (κ3) is 3.03. The van der Waals surface area contributed by atoms with Crippen LogP contribution in [-0.2, 0) is 6.54 Å². The highest BCUT2D eigenvalue weighted by Gasteiger charge is 2.64. The summed E-state index contributed by atoms with van der Waals surface area (Å²) in [4.78, 5) is 27.5. The second-order valence-electron chi connectivity index (χ2n) is 12.1. The fourth-order valence-corrected chi connectivity index (χ4v) is 9.18. The smallest absolute Gasteiger partial charge is 0.315 e. The quantitative estimate of drug-likeness (QED) is 0.708. The van der Waals surface area contributed by atoms with Gasteiger partial charge in [-0.05, 0) is 72.8 Å². The minimum absolute atomic E-state index is 0.195. The Morgan fingerprint density at radius 2 is 1.76 bits per heavy atom. The molecule has 4 aliphatic carbocycles. The number of nitrogens with zero attached hydrogens (tertiary/aromatic N) is 3. The van der Waals surface area contributed by atoms with Crippen molar-refractivity contribution in [1.29, 1.82) is 0 Å². The molecule has 7 rings (SSSR count). The maximum atomic E-state index is 14.1. The first-order valence-electron chi connectivity index (χ1n) is 12.2. The van der Waals surface area contributed by atoms with Crippen LogP contribution >= 0.6 is 0 Å². The SMILES string of the molecule is CC12CC3CC(C)(C1)CC(C1c4c(C(N)=O)c(-c5cccc(F)c5)nn4CCN1C(N)=O)(C3)C2. The van der Waals surface area contributed by atoms with E-state index < -0.39 is 17.8 Å². The van der Waals surface area contributed by atoms with Crippen molar-refractivity contribution < 1.29 is 14.0 Å². The van der Waals surface area contributed by atoms with Crippen molar-refractivity contribution >= 4 is 11.9 Å². The molecule has 1 aromatic carbocycles. The van der Waals surface area contributed by atoms with Crippen LogP contribution in [-0.4, -0.2) is 33.2 Å². The summed E-state index contributed by atoms with van der Waals surface area (Å²) in [5.41, 5.74) is 14.0. The second kappa shape index (κ2) is 6.83. The molecule has 0 radical (unpaired) electrons. The van der Waals surface area contributed by atoms with Crippen LogP contribution in [0.1, 0.15) is 74.5 Å². The molecule has 8 heteroatoms. The maximum Gasteiger partial charge on any atom is 0.315 e. The van der Waals surface area contributed by atoms with Gasteiger partial charge in [-0.15, -0.1) is 0 Å². The molecule has 5 aliphatic rings. The predicted octanol–water partition coefficient (Wildman–Crippen LogP) is 4.22. The van der Waals surface area contributed by atoms with Gasteiger partial charge in [0.2, 0.25) is 0 Å². The van der Waals surface area contributed by atoms with E-state index in [1.165, 1.54) is 31.4 Å². The molecule has 0 saturated heterocycles. The molecule has 4 N–H and O–H groups in total. The average Bonchev–Trinajstić information content (AvgIpc) is 3.10. The van der Waals surface area contributed by atoms with E-state index in [0.29, 0.717) is 36.0 Å². The molecule has 2 heterocycles. The van der Waals surface area contributed by atoms with E-state index in [1.54, 1.807) is 17.0 Å². The number of hydrogen-bond donors (Lipinski definition) is 2. The zero-order chi connectivity index (χ0) is 24.0. The fourth-order valence-electron chi connectivity index (χ4n) is 9.18. The lowest BCUT2D eigenvalue weighted by atomic mass is 9.38. The molecule has 3 amide bonds. The van der Waals surface area contributed by atoms with Gasteiger partial charge in [0.25, 0.3) is 5.91 Å². The number of halogens is 1. The van der Waals surface area contributed by atoms with Gasteiger partial charge in [-0.1, -0.05) is 26.0 Å². The lowest BCUT2D eigenvalue weighted by Gasteiger charge is -2.68. The first kappa shape index (κ1) is 21.6. The zero-order valence-corrected chi connectivity index (χ0v) is 19.8. The van der Waals surface area contributed by atoms with Gasteiger partial charge in [0, 0.05) is 12.1 Å². The third-order valence-corrected chi connectivity index (χ3v) is 8.99. The molecule has 2 aromatic rings. The number of carbonyl (C=O) groups is 2. The molecule has 180 valence electrons. The number of hydrogen-bond acceptors (Lipinski definition) is 3. The van der Waals surface area contributed by atoms with Gasteiger partial charge in [-0.3, -0.25) is 9.48 Å². The number of carbonyl (C=O) groups excluding carboxylic acids is 2. The molecule has 1 aliphatic heterocycles. The van der Waals surface area contributed by atoms with Crippen LogP contribution in [0.4, 0.5) is 9.18 Å². The Labute approximate surface area is 198 Å². The molecule has 0 spiro atoms. The molecule has 34 heavy (non-hydrogen) atoms.